The lowest BCUT2D eigenvalue weighted by atomic mass is 10.1. The monoisotopic (exact) mass is 314 g/mol. The van der Waals surface area contributed by atoms with Gasteiger partial charge in [-0.1, -0.05) is 12.1 Å². The summed E-state index contributed by atoms with van der Waals surface area (Å²) in [4.78, 5) is 11.9. The van der Waals surface area contributed by atoms with Crippen molar-refractivity contribution >= 4 is 15.9 Å². The third kappa shape index (κ3) is 5.02. The molecule has 0 heterocycles. The standard InChI is InChI=1S/C14H22N2O4S/c1-5-21(18,19)16(3)10-14(17)15-11(2)12-6-8-13(20-4)9-7-12/h6-9,11H,5,10H2,1-4H3,(H,15,17)/t11-/m1/s1. The van der Waals surface area contributed by atoms with Crippen LogP contribution in [0.1, 0.15) is 25.5 Å². The molecule has 21 heavy (non-hydrogen) atoms. The largest absolute Gasteiger partial charge is 0.497 e. The normalized spacial score (nSPS) is 13.0. The molecule has 6 nitrogen and oxygen atoms in total. The van der Waals surface area contributed by atoms with Crippen molar-refractivity contribution in [1.82, 2.24) is 9.62 Å². The molecule has 0 unspecified atom stereocenters. The molecule has 0 fully saturated rings. The van der Waals surface area contributed by atoms with Crippen LogP contribution in [0.15, 0.2) is 24.3 Å². The lowest BCUT2D eigenvalue weighted by molar-refractivity contribution is -0.121. The third-order valence-electron chi connectivity index (χ3n) is 3.20. The summed E-state index contributed by atoms with van der Waals surface area (Å²) in [6, 6.07) is 7.13. The van der Waals surface area contributed by atoms with Crippen LogP contribution < -0.4 is 10.1 Å². The number of amides is 1. The second-order valence-corrected chi connectivity index (χ2v) is 7.08. The van der Waals surface area contributed by atoms with E-state index in [9.17, 15) is 13.2 Å². The van der Waals surface area contributed by atoms with E-state index in [1.165, 1.54) is 7.05 Å². The zero-order chi connectivity index (χ0) is 16.0. The first-order chi connectivity index (χ1) is 9.80. The summed E-state index contributed by atoms with van der Waals surface area (Å²) in [5.74, 6) is 0.383. The van der Waals surface area contributed by atoms with Crippen LogP contribution in [0.4, 0.5) is 0 Å². The molecule has 1 N–H and O–H groups in total. The number of nitrogens with one attached hydrogen (secondary N) is 1. The number of hydrogen-bond donors (Lipinski definition) is 1. The minimum atomic E-state index is -3.35. The molecule has 1 rings (SSSR count). The molecule has 1 atom stereocenters. The van der Waals surface area contributed by atoms with Crippen molar-refractivity contribution in [3.63, 3.8) is 0 Å². The maximum Gasteiger partial charge on any atom is 0.235 e. The Balaban J connectivity index is 2.61. The Morgan fingerprint density at radius 1 is 1.33 bits per heavy atom. The molecule has 0 aliphatic rings. The lowest BCUT2D eigenvalue weighted by Crippen LogP contribution is -2.39. The Bertz CT molecular complexity index is 569. The molecule has 0 aromatic heterocycles. The Kier molecular flexibility index (Phi) is 6.17. The van der Waals surface area contributed by atoms with Gasteiger partial charge in [0.25, 0.3) is 0 Å². The van der Waals surface area contributed by atoms with Crippen molar-refractivity contribution in [3.8, 4) is 5.75 Å². The molecular formula is C14H22N2O4S. The lowest BCUT2D eigenvalue weighted by Gasteiger charge is -2.19. The number of ether oxygens (including phenoxy) is 1. The summed E-state index contributed by atoms with van der Waals surface area (Å²) in [6.45, 7) is 3.20. The van der Waals surface area contributed by atoms with Gasteiger partial charge in [-0.3, -0.25) is 4.79 Å². The van der Waals surface area contributed by atoms with Gasteiger partial charge in [0.2, 0.25) is 15.9 Å². The predicted octanol–water partition coefficient (Wildman–Crippen LogP) is 1.15. The minimum absolute atomic E-state index is 0.0230. The zero-order valence-corrected chi connectivity index (χ0v) is 13.6. The quantitative estimate of drug-likeness (QED) is 0.819. The molecule has 0 radical (unpaired) electrons. The summed E-state index contributed by atoms with van der Waals surface area (Å²) < 4.78 is 29.3. The van der Waals surface area contributed by atoms with E-state index >= 15 is 0 Å². The van der Waals surface area contributed by atoms with Gasteiger partial charge < -0.3 is 10.1 Å². The van der Waals surface area contributed by atoms with Gasteiger partial charge in [-0.15, -0.1) is 0 Å². The molecule has 1 aromatic rings. The number of methoxy groups -OCH3 is 1. The van der Waals surface area contributed by atoms with E-state index in [0.29, 0.717) is 0 Å². The Morgan fingerprint density at radius 2 is 1.90 bits per heavy atom. The molecule has 1 amide bonds. The van der Waals surface area contributed by atoms with E-state index in [0.717, 1.165) is 15.6 Å². The molecule has 118 valence electrons. The molecule has 0 aliphatic carbocycles. The minimum Gasteiger partial charge on any atom is -0.497 e. The van der Waals surface area contributed by atoms with Crippen LogP contribution in [0, 0.1) is 0 Å². The highest BCUT2D eigenvalue weighted by atomic mass is 32.2. The van der Waals surface area contributed by atoms with Crippen molar-refractivity contribution in [2.45, 2.75) is 19.9 Å². The summed E-state index contributed by atoms with van der Waals surface area (Å²) in [6.07, 6.45) is 0. The van der Waals surface area contributed by atoms with Gasteiger partial charge in [0, 0.05) is 7.05 Å². The number of carbonyl (C=O) groups excluding carboxylic acids is 1. The number of carbonyl (C=O) groups is 1. The van der Waals surface area contributed by atoms with E-state index in [-0.39, 0.29) is 24.2 Å². The molecular weight excluding hydrogens is 292 g/mol. The van der Waals surface area contributed by atoms with Gasteiger partial charge in [-0.25, -0.2) is 8.42 Å². The Morgan fingerprint density at radius 3 is 2.38 bits per heavy atom. The van der Waals surface area contributed by atoms with Gasteiger partial charge in [0.1, 0.15) is 5.75 Å². The second kappa shape index (κ2) is 7.42. The maximum absolute atomic E-state index is 11.9. The van der Waals surface area contributed by atoms with Crippen molar-refractivity contribution in [2.24, 2.45) is 0 Å². The molecule has 0 bridgehead atoms. The fraction of sp³-hybridized carbons (Fsp3) is 0.500. The smallest absolute Gasteiger partial charge is 0.235 e. The molecule has 0 spiro atoms. The summed E-state index contributed by atoms with van der Waals surface area (Å²) in [5.41, 5.74) is 0.921. The highest BCUT2D eigenvalue weighted by molar-refractivity contribution is 7.89. The summed E-state index contributed by atoms with van der Waals surface area (Å²) in [5, 5.41) is 2.77. The number of sulfonamides is 1. The molecule has 7 heteroatoms. The Hall–Kier alpha value is -1.60. The van der Waals surface area contributed by atoms with Crippen molar-refractivity contribution in [3.05, 3.63) is 29.8 Å². The molecule has 0 saturated heterocycles. The van der Waals surface area contributed by atoms with Crippen LogP contribution in [-0.2, 0) is 14.8 Å². The molecule has 0 saturated carbocycles. The van der Waals surface area contributed by atoms with Gasteiger partial charge in [-0.2, -0.15) is 4.31 Å². The van der Waals surface area contributed by atoms with E-state index in [1.807, 2.05) is 31.2 Å². The van der Waals surface area contributed by atoms with Gasteiger partial charge >= 0.3 is 0 Å². The summed E-state index contributed by atoms with van der Waals surface area (Å²) >= 11 is 0. The molecule has 1 aromatic carbocycles. The number of hydrogen-bond acceptors (Lipinski definition) is 4. The SMILES string of the molecule is CCS(=O)(=O)N(C)CC(=O)N[C@H](C)c1ccc(OC)cc1. The number of nitrogens with zero attached hydrogens (tertiary/aromatic N) is 1. The van der Waals surface area contributed by atoms with Gasteiger partial charge in [-0.05, 0) is 31.5 Å². The van der Waals surface area contributed by atoms with Crippen LogP contribution >= 0.6 is 0 Å². The number of benzene rings is 1. The van der Waals surface area contributed by atoms with Crippen LogP contribution in [0.25, 0.3) is 0 Å². The highest BCUT2D eigenvalue weighted by Gasteiger charge is 2.19. The molecule has 0 aliphatic heterocycles. The maximum atomic E-state index is 11.9. The number of likely N-dealkylation sites (N-methyl/N-ethyl adjacent to an activating group) is 1. The van der Waals surface area contributed by atoms with Gasteiger partial charge in [0.15, 0.2) is 0 Å². The van der Waals surface area contributed by atoms with Crippen molar-refractivity contribution in [1.29, 1.82) is 0 Å². The van der Waals surface area contributed by atoms with Crippen LogP contribution in [0.5, 0.6) is 5.75 Å². The predicted molar refractivity (Wildman–Crippen MR) is 81.6 cm³/mol. The average Bonchev–Trinajstić information content (AvgIpc) is 2.46. The van der Waals surface area contributed by atoms with Crippen LogP contribution in [-0.4, -0.2) is 45.1 Å². The van der Waals surface area contributed by atoms with Crippen molar-refractivity contribution < 1.29 is 17.9 Å². The van der Waals surface area contributed by atoms with E-state index in [1.54, 1.807) is 14.0 Å². The Labute approximate surface area is 126 Å². The summed E-state index contributed by atoms with van der Waals surface area (Å²) in [7, 11) is -0.360. The topological polar surface area (TPSA) is 75.7 Å². The van der Waals surface area contributed by atoms with Crippen LogP contribution in [0.3, 0.4) is 0 Å². The first-order valence-electron chi connectivity index (χ1n) is 6.67. The highest BCUT2D eigenvalue weighted by Crippen LogP contribution is 2.17. The first kappa shape index (κ1) is 17.5. The fourth-order valence-corrected chi connectivity index (χ4v) is 2.54. The van der Waals surface area contributed by atoms with E-state index in [2.05, 4.69) is 5.32 Å². The van der Waals surface area contributed by atoms with Crippen LogP contribution in [0.2, 0.25) is 0 Å². The van der Waals surface area contributed by atoms with E-state index in [4.69, 9.17) is 4.74 Å². The average molecular weight is 314 g/mol. The second-order valence-electron chi connectivity index (χ2n) is 4.72. The van der Waals surface area contributed by atoms with E-state index < -0.39 is 10.0 Å². The van der Waals surface area contributed by atoms with Crippen molar-refractivity contribution in [2.75, 3.05) is 26.5 Å². The third-order valence-corrected chi connectivity index (χ3v) is 5.01. The van der Waals surface area contributed by atoms with Gasteiger partial charge in [0.05, 0.1) is 25.4 Å². The first-order valence-corrected chi connectivity index (χ1v) is 8.28. The zero-order valence-electron chi connectivity index (χ0n) is 12.8. The fourth-order valence-electron chi connectivity index (χ4n) is 1.78. The number of rotatable bonds is 7.